The van der Waals surface area contributed by atoms with E-state index in [-0.39, 0.29) is 23.3 Å². The van der Waals surface area contributed by atoms with Crippen molar-refractivity contribution in [3.63, 3.8) is 0 Å². The molecule has 0 aliphatic rings. The molecule has 0 amide bonds. The van der Waals surface area contributed by atoms with Gasteiger partial charge in [-0.25, -0.2) is 4.98 Å². The predicted molar refractivity (Wildman–Crippen MR) is 128 cm³/mol. The monoisotopic (exact) mass is 500 g/mol. The van der Waals surface area contributed by atoms with E-state index < -0.39 is 5.51 Å². The van der Waals surface area contributed by atoms with Gasteiger partial charge < -0.3 is 9.15 Å². The van der Waals surface area contributed by atoms with E-state index in [1.807, 2.05) is 23.0 Å². The highest BCUT2D eigenvalue weighted by Gasteiger charge is 2.28. The first kappa shape index (κ1) is 24.6. The zero-order valence-corrected chi connectivity index (χ0v) is 19.5. The molecule has 4 aromatic rings. The number of thioether (sulfide) groups is 1. The molecule has 0 saturated carbocycles. The standard InChI is InChI=1S/C25H23F3N4O2S/c26-25(27,28)35-23-11-6-20(7-12-23)8-13-24-30-21(18-34-24)17-33-22-9-4-19(5-10-22)3-1-2-15-32-16-14-29-31-32/h4-14,16,18H,1-3,15,17H2. The number of aryl methyl sites for hydroxylation is 2. The van der Waals surface area contributed by atoms with Crippen molar-refractivity contribution in [2.24, 2.45) is 0 Å². The number of rotatable bonds is 11. The molecule has 0 fully saturated rings. The number of alkyl halides is 3. The minimum absolute atomic E-state index is 0.138. The zero-order valence-electron chi connectivity index (χ0n) is 18.7. The topological polar surface area (TPSA) is 66.0 Å². The summed E-state index contributed by atoms with van der Waals surface area (Å²) in [7, 11) is 0. The first-order valence-corrected chi connectivity index (χ1v) is 11.8. The van der Waals surface area contributed by atoms with Gasteiger partial charge >= 0.3 is 5.51 Å². The van der Waals surface area contributed by atoms with Gasteiger partial charge in [0.25, 0.3) is 0 Å². The third-order valence-corrected chi connectivity index (χ3v) is 5.73. The van der Waals surface area contributed by atoms with Crippen molar-refractivity contribution in [3.8, 4) is 5.75 Å². The highest BCUT2D eigenvalue weighted by molar-refractivity contribution is 8.00. The number of aromatic nitrogens is 4. The second kappa shape index (κ2) is 11.7. The summed E-state index contributed by atoms with van der Waals surface area (Å²) in [6, 6.07) is 14.1. The van der Waals surface area contributed by atoms with Gasteiger partial charge in [0, 0.05) is 23.7 Å². The Morgan fingerprint density at radius 2 is 1.80 bits per heavy atom. The van der Waals surface area contributed by atoms with Crippen LogP contribution in [0.2, 0.25) is 0 Å². The van der Waals surface area contributed by atoms with Gasteiger partial charge in [-0.15, -0.1) is 5.10 Å². The molecule has 0 aliphatic carbocycles. The van der Waals surface area contributed by atoms with Crippen LogP contribution in [0.5, 0.6) is 5.75 Å². The van der Waals surface area contributed by atoms with Crippen LogP contribution < -0.4 is 4.74 Å². The minimum Gasteiger partial charge on any atom is -0.487 e. The molecule has 2 heterocycles. The highest BCUT2D eigenvalue weighted by atomic mass is 32.2. The van der Waals surface area contributed by atoms with Crippen LogP contribution >= 0.6 is 11.8 Å². The maximum atomic E-state index is 12.4. The smallest absolute Gasteiger partial charge is 0.446 e. The Labute approximate surface area is 204 Å². The molecule has 0 spiro atoms. The summed E-state index contributed by atoms with van der Waals surface area (Å²) in [5, 5.41) is 7.76. The summed E-state index contributed by atoms with van der Waals surface area (Å²) < 4.78 is 50.3. The quantitative estimate of drug-likeness (QED) is 0.170. The van der Waals surface area contributed by atoms with Gasteiger partial charge in [0.1, 0.15) is 24.3 Å². The first-order chi connectivity index (χ1) is 16.9. The van der Waals surface area contributed by atoms with Crippen molar-refractivity contribution >= 4 is 23.9 Å². The molecule has 0 unspecified atom stereocenters. The summed E-state index contributed by atoms with van der Waals surface area (Å²) in [5.74, 6) is 1.13. The van der Waals surface area contributed by atoms with E-state index in [4.69, 9.17) is 9.15 Å². The van der Waals surface area contributed by atoms with Gasteiger partial charge in [-0.3, -0.25) is 4.68 Å². The molecule has 6 nitrogen and oxygen atoms in total. The molecule has 0 saturated heterocycles. The van der Waals surface area contributed by atoms with E-state index in [1.54, 1.807) is 30.5 Å². The maximum absolute atomic E-state index is 12.4. The van der Waals surface area contributed by atoms with Crippen molar-refractivity contribution in [1.82, 2.24) is 20.0 Å². The van der Waals surface area contributed by atoms with Crippen LogP contribution in [0.3, 0.4) is 0 Å². The molecule has 0 N–H and O–H groups in total. The van der Waals surface area contributed by atoms with Gasteiger partial charge in [-0.2, -0.15) is 13.2 Å². The van der Waals surface area contributed by atoms with E-state index in [9.17, 15) is 13.2 Å². The van der Waals surface area contributed by atoms with Crippen LogP contribution in [-0.4, -0.2) is 25.5 Å². The molecule has 0 radical (unpaired) electrons. The van der Waals surface area contributed by atoms with Gasteiger partial charge in [-0.1, -0.05) is 29.5 Å². The molecular weight excluding hydrogens is 477 g/mol. The summed E-state index contributed by atoms with van der Waals surface area (Å²) in [5.41, 5.74) is -1.67. The van der Waals surface area contributed by atoms with Crippen molar-refractivity contribution in [2.45, 2.75) is 42.8 Å². The fourth-order valence-corrected chi connectivity index (χ4v) is 3.82. The van der Waals surface area contributed by atoms with Crippen LogP contribution in [0, 0.1) is 0 Å². The van der Waals surface area contributed by atoms with Crippen LogP contribution in [0.4, 0.5) is 13.2 Å². The van der Waals surface area contributed by atoms with Gasteiger partial charge in [0.05, 0.1) is 6.20 Å². The lowest BCUT2D eigenvalue weighted by molar-refractivity contribution is -0.0328. The summed E-state index contributed by atoms with van der Waals surface area (Å²) in [4.78, 5) is 4.49. The number of benzene rings is 2. The average Bonchev–Trinajstić information content (AvgIpc) is 3.52. The number of halogens is 3. The second-order valence-electron chi connectivity index (χ2n) is 7.68. The van der Waals surface area contributed by atoms with Gasteiger partial charge in [-0.05, 0) is 72.5 Å². The van der Waals surface area contributed by atoms with E-state index in [1.165, 1.54) is 24.0 Å². The van der Waals surface area contributed by atoms with Crippen molar-refractivity contribution in [3.05, 3.63) is 89.9 Å². The Bertz CT molecular complexity index is 1210. The zero-order chi connectivity index (χ0) is 24.5. The Morgan fingerprint density at radius 3 is 2.51 bits per heavy atom. The lowest BCUT2D eigenvalue weighted by atomic mass is 10.1. The fourth-order valence-electron chi connectivity index (χ4n) is 3.28. The molecule has 0 aliphatic heterocycles. The lowest BCUT2D eigenvalue weighted by Gasteiger charge is -2.06. The first-order valence-electron chi connectivity index (χ1n) is 11.0. The number of ether oxygens (including phenoxy) is 1. The number of unbranched alkanes of at least 4 members (excludes halogenated alkanes) is 1. The number of hydrogen-bond donors (Lipinski definition) is 0. The third kappa shape index (κ3) is 8.32. The Balaban J connectivity index is 1.20. The fraction of sp³-hybridized carbons (Fsp3) is 0.240. The predicted octanol–water partition coefficient (Wildman–Crippen LogP) is 6.65. The lowest BCUT2D eigenvalue weighted by Crippen LogP contribution is -1.99. The normalized spacial score (nSPS) is 11.9. The summed E-state index contributed by atoms with van der Waals surface area (Å²) in [6.45, 7) is 1.13. The number of hydrogen-bond acceptors (Lipinski definition) is 6. The van der Waals surface area contributed by atoms with Crippen LogP contribution in [0.1, 0.15) is 35.6 Å². The number of nitrogens with zero attached hydrogens (tertiary/aromatic N) is 4. The Kier molecular flexibility index (Phi) is 8.25. The summed E-state index contributed by atoms with van der Waals surface area (Å²) >= 11 is -0.138. The highest BCUT2D eigenvalue weighted by Crippen LogP contribution is 2.36. The van der Waals surface area contributed by atoms with Crippen LogP contribution in [0.25, 0.3) is 12.2 Å². The molecule has 2 aromatic carbocycles. The largest absolute Gasteiger partial charge is 0.487 e. The molecule has 0 bridgehead atoms. The van der Waals surface area contributed by atoms with Crippen molar-refractivity contribution < 1.29 is 22.3 Å². The average molecular weight is 501 g/mol. The van der Waals surface area contributed by atoms with Crippen molar-refractivity contribution in [1.29, 1.82) is 0 Å². The molecule has 0 atom stereocenters. The minimum atomic E-state index is -4.30. The van der Waals surface area contributed by atoms with Gasteiger partial charge in [0.15, 0.2) is 0 Å². The van der Waals surface area contributed by atoms with E-state index in [0.29, 0.717) is 11.6 Å². The Morgan fingerprint density at radius 1 is 1.00 bits per heavy atom. The van der Waals surface area contributed by atoms with E-state index in [0.717, 1.165) is 37.1 Å². The Hall–Kier alpha value is -3.53. The van der Waals surface area contributed by atoms with Crippen molar-refractivity contribution in [2.75, 3.05) is 0 Å². The molecule has 10 heteroatoms. The summed E-state index contributed by atoms with van der Waals surface area (Å²) in [6.07, 6.45) is 11.5. The molecule has 35 heavy (non-hydrogen) atoms. The second-order valence-corrected chi connectivity index (χ2v) is 8.82. The molecule has 2 aromatic heterocycles. The van der Waals surface area contributed by atoms with Crippen LogP contribution in [0.15, 0.2) is 76.5 Å². The molecule has 182 valence electrons. The molecular formula is C25H23F3N4O2S. The van der Waals surface area contributed by atoms with E-state index >= 15 is 0 Å². The SMILES string of the molecule is FC(F)(F)Sc1ccc(C=Cc2nc(COc3ccc(CCCCn4ccnn4)cc3)co2)cc1. The van der Waals surface area contributed by atoms with Gasteiger partial charge in [0.2, 0.25) is 5.89 Å². The van der Waals surface area contributed by atoms with Crippen LogP contribution in [-0.2, 0) is 19.6 Å². The third-order valence-electron chi connectivity index (χ3n) is 4.99. The molecule has 4 rings (SSSR count). The number of oxazole rings is 1. The van der Waals surface area contributed by atoms with E-state index in [2.05, 4.69) is 27.4 Å². The maximum Gasteiger partial charge on any atom is 0.446 e.